The fourth-order valence-electron chi connectivity index (χ4n) is 1.01. The van der Waals surface area contributed by atoms with E-state index in [2.05, 4.69) is 16.4 Å². The van der Waals surface area contributed by atoms with E-state index in [-0.39, 0.29) is 5.15 Å². The van der Waals surface area contributed by atoms with Gasteiger partial charge in [-0.2, -0.15) is 0 Å². The highest BCUT2D eigenvalue weighted by molar-refractivity contribution is 6.42. The molecule has 0 unspecified atom stereocenters. The number of pyridine rings is 1. The maximum atomic E-state index is 5.93. The average Bonchev–Trinajstić information content (AvgIpc) is 2.20. The zero-order valence-electron chi connectivity index (χ0n) is 8.23. The minimum atomic E-state index is 0.259. The molecule has 1 heterocycles. The van der Waals surface area contributed by atoms with Gasteiger partial charge in [0.1, 0.15) is 11.0 Å². The molecular formula is C10H11Cl3N2. The molecule has 5 heteroatoms. The summed E-state index contributed by atoms with van der Waals surface area (Å²) in [4.78, 5) is 4.04. The summed E-state index contributed by atoms with van der Waals surface area (Å²) in [6.45, 7) is 2.74. The van der Waals surface area contributed by atoms with Crippen molar-refractivity contribution < 1.29 is 0 Å². The smallest absolute Gasteiger partial charge is 0.150 e. The van der Waals surface area contributed by atoms with Gasteiger partial charge in [-0.15, -0.1) is 0 Å². The summed E-state index contributed by atoms with van der Waals surface area (Å²) in [5.74, 6) is 0.565. The Labute approximate surface area is 104 Å². The number of halogens is 3. The van der Waals surface area contributed by atoms with Crippen molar-refractivity contribution in [2.75, 3.05) is 11.9 Å². The first-order chi connectivity index (χ1) is 7.15. The molecule has 1 aromatic heterocycles. The van der Waals surface area contributed by atoms with Crippen molar-refractivity contribution in [1.29, 1.82) is 0 Å². The zero-order chi connectivity index (χ0) is 11.3. The number of hydrogen-bond donors (Lipinski definition) is 1. The third-order valence-electron chi connectivity index (χ3n) is 1.73. The fourth-order valence-corrected chi connectivity index (χ4v) is 1.57. The summed E-state index contributed by atoms with van der Waals surface area (Å²) < 4.78 is 0. The molecule has 1 rings (SSSR count). The fraction of sp³-hybridized carbons (Fsp3) is 0.300. The molecule has 0 saturated heterocycles. The van der Waals surface area contributed by atoms with E-state index in [0.29, 0.717) is 15.9 Å². The van der Waals surface area contributed by atoms with Gasteiger partial charge in [-0.3, -0.25) is 0 Å². The molecule has 0 aliphatic carbocycles. The Morgan fingerprint density at radius 2 is 2.07 bits per heavy atom. The molecule has 0 aromatic carbocycles. The van der Waals surface area contributed by atoms with Crippen LogP contribution >= 0.6 is 34.8 Å². The van der Waals surface area contributed by atoms with Gasteiger partial charge in [0.15, 0.2) is 0 Å². The van der Waals surface area contributed by atoms with Gasteiger partial charge >= 0.3 is 0 Å². The second-order valence-corrected chi connectivity index (χ2v) is 4.05. The summed E-state index contributed by atoms with van der Waals surface area (Å²) in [7, 11) is 0. The number of allylic oxidation sites excluding steroid dienone is 1. The van der Waals surface area contributed by atoms with E-state index in [1.807, 2.05) is 13.0 Å². The Morgan fingerprint density at radius 3 is 2.73 bits per heavy atom. The number of rotatable bonds is 4. The molecule has 0 aliphatic rings. The predicted molar refractivity (Wildman–Crippen MR) is 67.2 cm³/mol. The molecule has 0 fully saturated rings. The van der Waals surface area contributed by atoms with E-state index in [0.717, 1.165) is 13.0 Å². The van der Waals surface area contributed by atoms with Crippen molar-refractivity contribution in [1.82, 2.24) is 4.98 Å². The minimum Gasteiger partial charge on any atom is -0.368 e. The molecule has 2 nitrogen and oxygen atoms in total. The lowest BCUT2D eigenvalue weighted by Crippen LogP contribution is -2.03. The van der Waals surface area contributed by atoms with E-state index in [4.69, 9.17) is 34.8 Å². The molecule has 15 heavy (non-hydrogen) atoms. The zero-order valence-corrected chi connectivity index (χ0v) is 10.5. The topological polar surface area (TPSA) is 24.9 Å². The molecule has 1 N–H and O–H groups in total. The molecular weight excluding hydrogens is 254 g/mol. The second kappa shape index (κ2) is 6.21. The second-order valence-electron chi connectivity index (χ2n) is 2.88. The van der Waals surface area contributed by atoms with E-state index in [1.54, 1.807) is 6.07 Å². The standard InChI is InChI=1S/C10H11Cl3N2/c1-2-3-4-5-14-10-8(12)6-7(11)9(13)15-10/h2-3,6H,4-5H2,1H3,(H,14,15)/b3-2+. The van der Waals surface area contributed by atoms with Crippen molar-refractivity contribution >= 4 is 40.6 Å². The van der Waals surface area contributed by atoms with Crippen LogP contribution in [0.4, 0.5) is 5.82 Å². The molecule has 0 radical (unpaired) electrons. The van der Waals surface area contributed by atoms with E-state index < -0.39 is 0 Å². The average molecular weight is 266 g/mol. The molecule has 0 spiro atoms. The van der Waals surface area contributed by atoms with Crippen molar-refractivity contribution in [3.63, 3.8) is 0 Å². The number of nitrogens with one attached hydrogen (secondary N) is 1. The van der Waals surface area contributed by atoms with Crippen LogP contribution in [0.5, 0.6) is 0 Å². The van der Waals surface area contributed by atoms with Crippen LogP contribution < -0.4 is 5.32 Å². The van der Waals surface area contributed by atoms with Gasteiger partial charge < -0.3 is 5.32 Å². The van der Waals surface area contributed by atoms with Crippen LogP contribution in [0, 0.1) is 0 Å². The lowest BCUT2D eigenvalue weighted by molar-refractivity contribution is 1.05. The maximum absolute atomic E-state index is 5.93. The van der Waals surface area contributed by atoms with Crippen molar-refractivity contribution in [3.8, 4) is 0 Å². The number of nitrogens with zero attached hydrogens (tertiary/aromatic N) is 1. The molecule has 0 aliphatic heterocycles. The Balaban J connectivity index is 2.65. The Kier molecular flexibility index (Phi) is 5.23. The first-order valence-electron chi connectivity index (χ1n) is 4.51. The van der Waals surface area contributed by atoms with Crippen LogP contribution in [0.2, 0.25) is 15.2 Å². The molecule has 0 bridgehead atoms. The highest BCUT2D eigenvalue weighted by atomic mass is 35.5. The lowest BCUT2D eigenvalue weighted by atomic mass is 10.3. The van der Waals surface area contributed by atoms with Crippen molar-refractivity contribution in [2.24, 2.45) is 0 Å². The van der Waals surface area contributed by atoms with Gasteiger partial charge in [0, 0.05) is 6.54 Å². The van der Waals surface area contributed by atoms with E-state index >= 15 is 0 Å². The van der Waals surface area contributed by atoms with Gasteiger partial charge in [-0.1, -0.05) is 47.0 Å². The van der Waals surface area contributed by atoms with E-state index in [9.17, 15) is 0 Å². The van der Waals surface area contributed by atoms with Gasteiger partial charge in [0.05, 0.1) is 10.0 Å². The quantitative estimate of drug-likeness (QED) is 0.495. The van der Waals surface area contributed by atoms with Gasteiger partial charge in [0.25, 0.3) is 0 Å². The van der Waals surface area contributed by atoms with Crippen molar-refractivity contribution in [3.05, 3.63) is 33.4 Å². The molecule has 1 aromatic rings. The largest absolute Gasteiger partial charge is 0.368 e. The van der Waals surface area contributed by atoms with Gasteiger partial charge in [0.2, 0.25) is 0 Å². The van der Waals surface area contributed by atoms with Crippen LogP contribution in [-0.2, 0) is 0 Å². The molecule has 0 amide bonds. The Bertz CT molecular complexity index is 364. The summed E-state index contributed by atoms with van der Waals surface area (Å²) in [6, 6.07) is 1.58. The SMILES string of the molecule is C/C=C/CCNc1nc(Cl)c(Cl)cc1Cl. The predicted octanol–water partition coefficient (Wildman–Crippen LogP) is 4.42. The summed E-state index contributed by atoms with van der Waals surface area (Å²) in [5, 5.41) is 4.18. The normalized spacial score (nSPS) is 10.9. The van der Waals surface area contributed by atoms with Crippen LogP contribution in [0.15, 0.2) is 18.2 Å². The highest BCUT2D eigenvalue weighted by Gasteiger charge is 2.06. The third kappa shape index (κ3) is 3.90. The summed E-state index contributed by atoms with van der Waals surface area (Å²) >= 11 is 17.5. The third-order valence-corrected chi connectivity index (χ3v) is 2.69. The van der Waals surface area contributed by atoms with Crippen LogP contribution in [0.3, 0.4) is 0 Å². The summed E-state index contributed by atoms with van der Waals surface area (Å²) in [5.41, 5.74) is 0. The lowest BCUT2D eigenvalue weighted by Gasteiger charge is -2.07. The molecule has 0 atom stereocenters. The first kappa shape index (κ1) is 12.6. The number of aromatic nitrogens is 1. The van der Waals surface area contributed by atoms with E-state index in [1.165, 1.54) is 0 Å². The number of hydrogen-bond acceptors (Lipinski definition) is 2. The summed E-state index contributed by atoms with van der Waals surface area (Å²) in [6.07, 6.45) is 4.96. The highest BCUT2D eigenvalue weighted by Crippen LogP contribution is 2.28. The minimum absolute atomic E-state index is 0.259. The van der Waals surface area contributed by atoms with Gasteiger partial charge in [-0.25, -0.2) is 4.98 Å². The monoisotopic (exact) mass is 264 g/mol. The Morgan fingerprint density at radius 1 is 1.33 bits per heavy atom. The van der Waals surface area contributed by atoms with Crippen LogP contribution in [-0.4, -0.2) is 11.5 Å². The number of anilines is 1. The molecule has 0 saturated carbocycles. The van der Waals surface area contributed by atoms with Crippen LogP contribution in [0.25, 0.3) is 0 Å². The van der Waals surface area contributed by atoms with Crippen molar-refractivity contribution in [2.45, 2.75) is 13.3 Å². The molecule has 82 valence electrons. The Hall–Kier alpha value is -0.440. The first-order valence-corrected chi connectivity index (χ1v) is 5.65. The van der Waals surface area contributed by atoms with Crippen LogP contribution in [0.1, 0.15) is 13.3 Å². The van der Waals surface area contributed by atoms with Gasteiger partial charge in [-0.05, 0) is 19.4 Å². The maximum Gasteiger partial charge on any atom is 0.150 e.